The van der Waals surface area contributed by atoms with E-state index in [-0.39, 0.29) is 0 Å². The van der Waals surface area contributed by atoms with Gasteiger partial charge in [-0.15, -0.1) is 0 Å². The summed E-state index contributed by atoms with van der Waals surface area (Å²) in [5.41, 5.74) is 1.30. The molecule has 1 aliphatic rings. The van der Waals surface area contributed by atoms with Crippen LogP contribution in [0.2, 0.25) is 0 Å². The highest BCUT2D eigenvalue weighted by atomic mass is 16.3. The van der Waals surface area contributed by atoms with Crippen molar-refractivity contribution in [3.05, 3.63) is 23.7 Å². The van der Waals surface area contributed by atoms with Gasteiger partial charge in [0.05, 0.1) is 12.8 Å². The largest absolute Gasteiger partial charge is 0.468 e. The molecule has 0 spiro atoms. The van der Waals surface area contributed by atoms with Crippen LogP contribution in [0.15, 0.2) is 16.7 Å². The van der Waals surface area contributed by atoms with Gasteiger partial charge in [-0.1, -0.05) is 20.8 Å². The highest BCUT2D eigenvalue weighted by Gasteiger charge is 2.23. The molecule has 2 heterocycles. The maximum Gasteiger partial charge on any atom is 0.122 e. The van der Waals surface area contributed by atoms with Crippen molar-refractivity contribution in [1.82, 2.24) is 15.1 Å². The molecule has 0 amide bonds. The first-order valence-electron chi connectivity index (χ1n) is 7.85. The first-order chi connectivity index (χ1) is 9.60. The van der Waals surface area contributed by atoms with Crippen molar-refractivity contribution in [2.24, 2.45) is 0 Å². The monoisotopic (exact) mass is 279 g/mol. The lowest BCUT2D eigenvalue weighted by atomic mass is 10.1. The summed E-state index contributed by atoms with van der Waals surface area (Å²) >= 11 is 0. The van der Waals surface area contributed by atoms with Crippen LogP contribution in [0.4, 0.5) is 0 Å². The van der Waals surface area contributed by atoms with Crippen LogP contribution in [0.3, 0.4) is 0 Å². The molecule has 0 saturated carbocycles. The molecule has 1 aliphatic heterocycles. The van der Waals surface area contributed by atoms with Crippen molar-refractivity contribution < 1.29 is 4.42 Å². The van der Waals surface area contributed by atoms with Gasteiger partial charge in [-0.05, 0) is 19.5 Å². The highest BCUT2D eigenvalue weighted by molar-refractivity contribution is 5.17. The summed E-state index contributed by atoms with van der Waals surface area (Å²) in [6.45, 7) is 15.3. The van der Waals surface area contributed by atoms with E-state index in [0.29, 0.717) is 12.1 Å². The molecule has 114 valence electrons. The Morgan fingerprint density at radius 1 is 1.40 bits per heavy atom. The number of hydrogen-bond acceptors (Lipinski definition) is 4. The standard InChI is InChI=1S/C16H29N3O/c1-5-19-8-7-18(11-14(19)4)12-16-15(6-9-20-16)10-17-13(2)3/h6,9,13-14,17H,5,7-8,10-12H2,1-4H3. The molecule has 0 radical (unpaired) electrons. The van der Waals surface area contributed by atoms with Crippen LogP contribution < -0.4 is 5.32 Å². The SMILES string of the molecule is CCN1CCN(Cc2occc2CNC(C)C)CC1C. The van der Waals surface area contributed by atoms with Crippen molar-refractivity contribution >= 4 is 0 Å². The summed E-state index contributed by atoms with van der Waals surface area (Å²) < 4.78 is 5.69. The summed E-state index contributed by atoms with van der Waals surface area (Å²) in [6.07, 6.45) is 1.82. The van der Waals surface area contributed by atoms with Crippen molar-refractivity contribution in [2.75, 3.05) is 26.2 Å². The van der Waals surface area contributed by atoms with Crippen molar-refractivity contribution in [1.29, 1.82) is 0 Å². The van der Waals surface area contributed by atoms with Gasteiger partial charge >= 0.3 is 0 Å². The zero-order chi connectivity index (χ0) is 14.5. The number of nitrogens with zero attached hydrogens (tertiary/aromatic N) is 2. The van der Waals surface area contributed by atoms with Crippen LogP contribution in [-0.4, -0.2) is 48.1 Å². The summed E-state index contributed by atoms with van der Waals surface area (Å²) in [5, 5.41) is 3.46. The normalized spacial score (nSPS) is 21.8. The Morgan fingerprint density at radius 3 is 2.85 bits per heavy atom. The first kappa shape index (κ1) is 15.5. The maximum absolute atomic E-state index is 5.69. The van der Waals surface area contributed by atoms with Gasteiger partial charge in [0.15, 0.2) is 0 Å². The van der Waals surface area contributed by atoms with Gasteiger partial charge in [0.2, 0.25) is 0 Å². The lowest BCUT2D eigenvalue weighted by molar-refractivity contribution is 0.0787. The van der Waals surface area contributed by atoms with Gasteiger partial charge in [0.25, 0.3) is 0 Å². The number of piperazine rings is 1. The van der Waals surface area contributed by atoms with E-state index in [9.17, 15) is 0 Å². The molecular weight excluding hydrogens is 250 g/mol. The summed E-state index contributed by atoms with van der Waals surface area (Å²) in [4.78, 5) is 5.05. The molecule has 1 unspecified atom stereocenters. The van der Waals surface area contributed by atoms with Crippen LogP contribution in [0.5, 0.6) is 0 Å². The number of likely N-dealkylation sites (N-methyl/N-ethyl adjacent to an activating group) is 1. The minimum atomic E-state index is 0.505. The predicted molar refractivity (Wildman–Crippen MR) is 82.7 cm³/mol. The van der Waals surface area contributed by atoms with Crippen molar-refractivity contribution in [3.63, 3.8) is 0 Å². The Kier molecular flexibility index (Phi) is 5.64. The average molecular weight is 279 g/mol. The van der Waals surface area contributed by atoms with Crippen LogP contribution in [0, 0.1) is 0 Å². The number of furan rings is 1. The first-order valence-corrected chi connectivity index (χ1v) is 7.85. The quantitative estimate of drug-likeness (QED) is 0.866. The summed E-state index contributed by atoms with van der Waals surface area (Å²) in [7, 11) is 0. The third-order valence-corrected chi connectivity index (χ3v) is 4.16. The lowest BCUT2D eigenvalue weighted by Crippen LogP contribution is -2.51. The van der Waals surface area contributed by atoms with Gasteiger partial charge in [-0.25, -0.2) is 0 Å². The molecule has 1 N–H and O–H groups in total. The van der Waals surface area contributed by atoms with Crippen LogP contribution in [-0.2, 0) is 13.1 Å². The minimum absolute atomic E-state index is 0.505. The number of nitrogens with one attached hydrogen (secondary N) is 1. The molecule has 1 aromatic heterocycles. The van der Waals surface area contributed by atoms with E-state index in [2.05, 4.69) is 48.9 Å². The second kappa shape index (κ2) is 7.25. The van der Waals surface area contributed by atoms with E-state index >= 15 is 0 Å². The van der Waals surface area contributed by atoms with Gasteiger partial charge in [-0.2, -0.15) is 0 Å². The molecule has 2 rings (SSSR count). The molecule has 1 atom stereocenters. The third kappa shape index (κ3) is 4.08. The fourth-order valence-electron chi connectivity index (χ4n) is 2.86. The van der Waals surface area contributed by atoms with Crippen LogP contribution >= 0.6 is 0 Å². The van der Waals surface area contributed by atoms with E-state index in [1.54, 1.807) is 0 Å². The molecule has 0 bridgehead atoms. The van der Waals surface area contributed by atoms with E-state index < -0.39 is 0 Å². The van der Waals surface area contributed by atoms with Gasteiger partial charge in [0, 0.05) is 43.8 Å². The fraction of sp³-hybridized carbons (Fsp3) is 0.750. The molecule has 1 saturated heterocycles. The Balaban J connectivity index is 1.89. The maximum atomic E-state index is 5.69. The second-order valence-corrected chi connectivity index (χ2v) is 6.12. The average Bonchev–Trinajstić information content (AvgIpc) is 2.84. The Bertz CT molecular complexity index is 402. The summed E-state index contributed by atoms with van der Waals surface area (Å²) in [6, 6.07) is 3.24. The number of hydrogen-bond donors (Lipinski definition) is 1. The van der Waals surface area contributed by atoms with E-state index in [4.69, 9.17) is 4.42 Å². The van der Waals surface area contributed by atoms with E-state index in [1.165, 1.54) is 5.56 Å². The molecule has 20 heavy (non-hydrogen) atoms. The molecule has 4 heteroatoms. The second-order valence-electron chi connectivity index (χ2n) is 6.12. The molecule has 1 fully saturated rings. The third-order valence-electron chi connectivity index (χ3n) is 4.16. The fourth-order valence-corrected chi connectivity index (χ4v) is 2.86. The Hall–Kier alpha value is -0.840. The predicted octanol–water partition coefficient (Wildman–Crippen LogP) is 2.30. The molecule has 1 aromatic rings. The lowest BCUT2D eigenvalue weighted by Gasteiger charge is -2.39. The van der Waals surface area contributed by atoms with Crippen molar-refractivity contribution in [2.45, 2.75) is 52.9 Å². The number of rotatable bonds is 6. The van der Waals surface area contributed by atoms with Gasteiger partial charge in [-0.3, -0.25) is 9.80 Å². The Labute approximate surface area is 123 Å². The van der Waals surface area contributed by atoms with E-state index in [1.807, 2.05) is 6.26 Å². The smallest absolute Gasteiger partial charge is 0.122 e. The van der Waals surface area contributed by atoms with Gasteiger partial charge < -0.3 is 9.73 Å². The zero-order valence-electron chi connectivity index (χ0n) is 13.4. The van der Waals surface area contributed by atoms with Gasteiger partial charge in [0.1, 0.15) is 5.76 Å². The summed E-state index contributed by atoms with van der Waals surface area (Å²) in [5.74, 6) is 1.12. The zero-order valence-corrected chi connectivity index (χ0v) is 13.4. The minimum Gasteiger partial charge on any atom is -0.468 e. The molecule has 0 aromatic carbocycles. The molecule has 4 nitrogen and oxygen atoms in total. The van der Waals surface area contributed by atoms with Crippen LogP contribution in [0.1, 0.15) is 39.0 Å². The van der Waals surface area contributed by atoms with Crippen LogP contribution in [0.25, 0.3) is 0 Å². The topological polar surface area (TPSA) is 31.6 Å². The highest BCUT2D eigenvalue weighted by Crippen LogP contribution is 2.17. The molecular formula is C16H29N3O. The van der Waals surface area contributed by atoms with Crippen molar-refractivity contribution in [3.8, 4) is 0 Å². The van der Waals surface area contributed by atoms with E-state index in [0.717, 1.165) is 45.0 Å². The molecule has 0 aliphatic carbocycles. The Morgan fingerprint density at radius 2 is 2.20 bits per heavy atom.